The predicted molar refractivity (Wildman–Crippen MR) is 318 cm³/mol. The standard InChI is InChI=1S/C53H96F2N22O10/c1-32(70-46(82)38(17-23-61)72-44(80)34(62)12-2-5-18-56)43(79)68-29-42(78)71-39(15-10-22-60)51(87)77-30-53(54,55)27-41(77)50(86)76-40(26-33-28-65-31-69-33)49(85)75-36(14-4-7-20-58)47(83)74-37(16-11-25-67-52(63)64)48(84)73-35(13-3-6-19-57)45(81)66-24-9-8-21-59/h16,28,31-32,34-36,38-41H,2-15,17-27,29-30,56-62H2,1H3,(H,65,69)(H,66,81)(H,68,79)(H,70,82)(H,71,78)(H,72,80)(H,73,84)(H,74,83)(H,75,85)(H,76,86)(H4,63,64,67)/b37-16-/t32?,34?,35-,36-,38-,39+,40?,41-/m0/s1. The number of nitrogens with one attached hydrogen (secondary N) is 12. The first-order valence-corrected chi connectivity index (χ1v) is 29.5. The minimum atomic E-state index is -3.65. The van der Waals surface area contributed by atoms with Crippen molar-refractivity contribution in [3.8, 4) is 0 Å². The summed E-state index contributed by atoms with van der Waals surface area (Å²) in [7, 11) is 0. The number of H-pyrrole nitrogens is 1. The van der Waals surface area contributed by atoms with Gasteiger partial charge in [-0.2, -0.15) is 0 Å². The Bertz CT molecular complexity index is 2390. The smallest absolute Gasteiger partial charge is 0.268 e. The van der Waals surface area contributed by atoms with Gasteiger partial charge in [0.25, 0.3) is 11.8 Å². The van der Waals surface area contributed by atoms with Crippen molar-refractivity contribution in [2.24, 2.45) is 45.9 Å². The van der Waals surface area contributed by atoms with Gasteiger partial charge >= 0.3 is 0 Å². The summed E-state index contributed by atoms with van der Waals surface area (Å²) < 4.78 is 31.0. The van der Waals surface area contributed by atoms with Crippen LogP contribution in [0.5, 0.6) is 0 Å². The van der Waals surface area contributed by atoms with E-state index in [1.54, 1.807) is 0 Å². The van der Waals surface area contributed by atoms with Gasteiger partial charge in [0.05, 0.1) is 25.5 Å². The number of hydrogen-bond donors (Lipinski definition) is 20. The predicted octanol–water partition coefficient (Wildman–Crippen LogP) is -6.24. The zero-order valence-electron chi connectivity index (χ0n) is 49.8. The van der Waals surface area contributed by atoms with Crippen LogP contribution in [0.15, 0.2) is 24.3 Å². The van der Waals surface area contributed by atoms with Crippen LogP contribution < -0.4 is 99.0 Å². The summed E-state index contributed by atoms with van der Waals surface area (Å²) in [6.45, 7) is 0.918. The fourth-order valence-electron chi connectivity index (χ4n) is 8.93. The topological polar surface area (TPSA) is 555 Å². The Morgan fingerprint density at radius 2 is 1.22 bits per heavy atom. The van der Waals surface area contributed by atoms with Crippen LogP contribution in [0, 0.1) is 5.41 Å². The van der Waals surface area contributed by atoms with Gasteiger partial charge in [-0.25, -0.2) is 13.8 Å². The minimum absolute atomic E-state index is 0.000935. The third-order valence-electron chi connectivity index (χ3n) is 13.8. The number of halogens is 2. The van der Waals surface area contributed by atoms with Gasteiger partial charge in [-0.1, -0.05) is 12.5 Å². The van der Waals surface area contributed by atoms with E-state index in [0.717, 1.165) is 0 Å². The molecular formula is C53H96F2N22O10. The summed E-state index contributed by atoms with van der Waals surface area (Å²) in [5.41, 5.74) is 45.3. The van der Waals surface area contributed by atoms with Gasteiger partial charge in [0, 0.05) is 37.8 Å². The highest BCUT2D eigenvalue weighted by molar-refractivity contribution is 6.02. The molecule has 1 aliphatic heterocycles. The number of nitrogens with two attached hydrogens (primary N) is 8. The molecule has 0 aliphatic carbocycles. The minimum Gasteiger partial charge on any atom is -0.370 e. The Morgan fingerprint density at radius 1 is 0.644 bits per heavy atom. The van der Waals surface area contributed by atoms with Gasteiger partial charge in [-0.3, -0.25) is 53.4 Å². The highest BCUT2D eigenvalue weighted by Crippen LogP contribution is 2.33. The van der Waals surface area contributed by atoms with Crippen molar-refractivity contribution in [3.05, 3.63) is 30.0 Å². The molecule has 34 heteroatoms. The second-order valence-corrected chi connectivity index (χ2v) is 21.1. The molecule has 0 aromatic carbocycles. The lowest BCUT2D eigenvalue weighted by Crippen LogP contribution is -2.59. The van der Waals surface area contributed by atoms with Crippen molar-refractivity contribution in [1.82, 2.24) is 68.0 Å². The fraction of sp³-hybridized carbons (Fsp3) is 0.698. The summed E-state index contributed by atoms with van der Waals surface area (Å²) in [6, 6.07) is -11.0. The number of rotatable bonds is 44. The lowest BCUT2D eigenvalue weighted by atomic mass is 10.0. The Hall–Kier alpha value is -7.50. The maximum Gasteiger partial charge on any atom is 0.268 e. The second kappa shape index (κ2) is 41.6. The molecule has 3 unspecified atom stereocenters. The van der Waals surface area contributed by atoms with E-state index in [1.165, 1.54) is 25.5 Å². The highest BCUT2D eigenvalue weighted by Gasteiger charge is 2.51. The summed E-state index contributed by atoms with van der Waals surface area (Å²) in [5.74, 6) is -12.8. The first-order valence-electron chi connectivity index (χ1n) is 29.5. The molecule has 8 atom stereocenters. The average molecular weight is 1240 g/mol. The van der Waals surface area contributed by atoms with Crippen molar-refractivity contribution >= 4 is 65.0 Å². The summed E-state index contributed by atoms with van der Waals surface area (Å²) >= 11 is 0. The van der Waals surface area contributed by atoms with E-state index in [9.17, 15) is 47.9 Å². The number of likely N-dealkylation sites (tertiary alicyclic amines) is 1. The first-order chi connectivity index (χ1) is 41.4. The van der Waals surface area contributed by atoms with Crippen LogP contribution in [0.3, 0.4) is 0 Å². The molecule has 1 aliphatic rings. The third-order valence-corrected chi connectivity index (χ3v) is 13.8. The van der Waals surface area contributed by atoms with E-state index in [1.807, 2.05) is 0 Å². The van der Waals surface area contributed by atoms with E-state index in [0.29, 0.717) is 75.9 Å². The van der Waals surface area contributed by atoms with Crippen molar-refractivity contribution in [3.63, 3.8) is 0 Å². The van der Waals surface area contributed by atoms with Crippen molar-refractivity contribution < 1.29 is 56.7 Å². The molecule has 492 valence electrons. The number of guanidine groups is 1. The quantitative estimate of drug-likeness (QED) is 0.0125. The maximum atomic E-state index is 15.5. The van der Waals surface area contributed by atoms with Gasteiger partial charge < -0.3 is 109 Å². The number of unbranched alkanes of at least 4 members (excludes halogenated alkanes) is 4. The number of carbonyl (C=O) groups excluding carboxylic acids is 10. The van der Waals surface area contributed by atoms with Crippen molar-refractivity contribution in [2.45, 2.75) is 170 Å². The van der Waals surface area contributed by atoms with Crippen LogP contribution in [-0.2, 0) is 54.4 Å². The summed E-state index contributed by atoms with van der Waals surface area (Å²) in [6.07, 6.45) is 6.84. The van der Waals surface area contributed by atoms with Crippen LogP contribution >= 0.6 is 0 Å². The Balaban J connectivity index is 2.39. The van der Waals surface area contributed by atoms with Crippen LogP contribution in [0.4, 0.5) is 8.78 Å². The van der Waals surface area contributed by atoms with Gasteiger partial charge in [0.15, 0.2) is 5.96 Å². The van der Waals surface area contributed by atoms with Crippen molar-refractivity contribution in [2.75, 3.05) is 65.4 Å². The van der Waals surface area contributed by atoms with Gasteiger partial charge in [-0.15, -0.1) is 0 Å². The molecule has 1 aromatic heterocycles. The molecule has 87 heavy (non-hydrogen) atoms. The summed E-state index contributed by atoms with van der Waals surface area (Å²) in [5, 5.41) is 32.9. The van der Waals surface area contributed by atoms with Crippen molar-refractivity contribution in [1.29, 1.82) is 5.41 Å². The fourth-order valence-corrected chi connectivity index (χ4v) is 8.93. The third kappa shape index (κ3) is 29.2. The lowest BCUT2D eigenvalue weighted by Gasteiger charge is -2.30. The van der Waals surface area contributed by atoms with Crippen LogP contribution in [0.25, 0.3) is 0 Å². The molecule has 32 nitrogen and oxygen atoms in total. The molecule has 0 saturated carbocycles. The molecular weight excluding hydrogens is 1140 g/mol. The van der Waals surface area contributed by atoms with Gasteiger partial charge in [-0.05, 0) is 136 Å². The highest BCUT2D eigenvalue weighted by atomic mass is 19.3. The molecule has 1 aromatic rings. The zero-order valence-corrected chi connectivity index (χ0v) is 49.8. The van der Waals surface area contributed by atoms with Crippen LogP contribution in [-0.4, -0.2) is 200 Å². The Labute approximate surface area is 505 Å². The number of carbonyl (C=O) groups is 10. The van der Waals surface area contributed by atoms with E-state index in [2.05, 4.69) is 63.1 Å². The number of alkyl halides is 2. The van der Waals surface area contributed by atoms with E-state index in [4.69, 9.17) is 51.3 Å². The molecule has 10 amide bonds. The van der Waals surface area contributed by atoms with E-state index in [-0.39, 0.29) is 101 Å². The summed E-state index contributed by atoms with van der Waals surface area (Å²) in [4.78, 5) is 144. The van der Waals surface area contributed by atoms with Gasteiger partial charge in [0.2, 0.25) is 53.2 Å². The molecule has 2 rings (SSSR count). The number of nitrogens with zero attached hydrogens (tertiary/aromatic N) is 2. The molecule has 28 N–H and O–H groups in total. The number of imidazole rings is 1. The molecule has 0 bridgehead atoms. The molecule has 0 spiro atoms. The second-order valence-electron chi connectivity index (χ2n) is 21.1. The monoisotopic (exact) mass is 1240 g/mol. The number of aromatic nitrogens is 2. The van der Waals surface area contributed by atoms with Crippen LogP contribution in [0.1, 0.15) is 115 Å². The van der Waals surface area contributed by atoms with Crippen LogP contribution in [0.2, 0.25) is 0 Å². The average Bonchev–Trinajstić information content (AvgIpc) is 2.11. The largest absolute Gasteiger partial charge is 0.370 e. The number of hydrogen-bond acceptors (Lipinski definition) is 19. The Morgan fingerprint density at radius 3 is 1.82 bits per heavy atom. The maximum absolute atomic E-state index is 15.5. The normalized spacial score (nSPS) is 16.1. The number of amides is 10. The van der Waals surface area contributed by atoms with E-state index >= 15 is 8.78 Å². The molecule has 2 heterocycles. The van der Waals surface area contributed by atoms with E-state index < -0.39 is 133 Å². The molecule has 1 saturated heterocycles. The Kier molecular flexibility index (Phi) is 36.1. The lowest BCUT2D eigenvalue weighted by molar-refractivity contribution is -0.142. The first kappa shape index (κ1) is 75.6. The molecule has 1 fully saturated rings. The number of aromatic amines is 1. The SMILES string of the molecule is CC(NC(=O)[C@H](CCN)NC(=O)C(N)CCCCN)C(=O)NCC(=O)N[C@H](CCCN)C(=O)N1CC(F)(F)C[C@H]1C(=O)NC(Cc1cnc[nH]1)C(=O)N[C@@H](CCCCN)C(=O)N/C(=C\CCNC(=N)N)C(=O)N[C@@H](CCCCN)C(=O)NCCCCN. The zero-order chi connectivity index (χ0) is 64.9. The molecule has 0 radical (unpaired) electrons. The van der Waals surface area contributed by atoms with Gasteiger partial charge in [0.1, 0.15) is 48.0 Å².